The lowest BCUT2D eigenvalue weighted by Gasteiger charge is -2.04. The van der Waals surface area contributed by atoms with Crippen LogP contribution in [0.1, 0.15) is 34.4 Å². The first kappa shape index (κ1) is 14.1. The van der Waals surface area contributed by atoms with Crippen molar-refractivity contribution < 1.29 is 0 Å². The lowest BCUT2D eigenvalue weighted by atomic mass is 10.2. The molecular formula is C15H21N5S. The summed E-state index contributed by atoms with van der Waals surface area (Å²) in [6.45, 7) is 7.20. The highest BCUT2D eigenvalue weighted by molar-refractivity contribution is 7.12. The minimum Gasteiger partial charge on any atom is -0.369 e. The van der Waals surface area contributed by atoms with E-state index in [2.05, 4.69) is 41.5 Å². The zero-order chi connectivity index (χ0) is 15.1. The van der Waals surface area contributed by atoms with Gasteiger partial charge in [0.2, 0.25) is 5.95 Å². The molecule has 0 saturated heterocycles. The smallest absolute Gasteiger partial charge is 0.202 e. The van der Waals surface area contributed by atoms with Crippen LogP contribution in [0.4, 0.5) is 5.95 Å². The molecule has 5 nitrogen and oxygen atoms in total. The van der Waals surface area contributed by atoms with Gasteiger partial charge in [-0.3, -0.25) is 9.25 Å². The number of nitrogens with zero attached hydrogens (tertiary/aromatic N) is 4. The number of hydrogen-bond acceptors (Lipinski definition) is 4. The van der Waals surface area contributed by atoms with Crippen LogP contribution in [0.5, 0.6) is 0 Å². The molecule has 0 bridgehead atoms. The van der Waals surface area contributed by atoms with E-state index >= 15 is 0 Å². The molecule has 0 saturated carbocycles. The maximum absolute atomic E-state index is 6.14. The van der Waals surface area contributed by atoms with Crippen molar-refractivity contribution in [1.82, 2.24) is 19.3 Å². The van der Waals surface area contributed by atoms with Crippen molar-refractivity contribution in [3.63, 3.8) is 0 Å². The van der Waals surface area contributed by atoms with Crippen LogP contribution in [0.25, 0.3) is 11.2 Å². The Kier molecular flexibility index (Phi) is 3.49. The summed E-state index contributed by atoms with van der Waals surface area (Å²) in [5.74, 6) is 0.569. The third-order valence-electron chi connectivity index (χ3n) is 3.84. The standard InChI is InChI=1S/C15H21N5S/c1-5-6-12-13-14(19(4)18-12)20(15(16)17-13)8-11-7-9(2)10(3)21-11/h7H,5-6,8H2,1-4H3,(H2,16,17). The van der Waals surface area contributed by atoms with E-state index in [0.717, 1.165) is 36.2 Å². The molecule has 0 aliphatic carbocycles. The number of nitrogens with two attached hydrogens (primary N) is 1. The van der Waals surface area contributed by atoms with Gasteiger partial charge >= 0.3 is 0 Å². The van der Waals surface area contributed by atoms with Crippen LogP contribution in [-0.2, 0) is 20.0 Å². The molecule has 112 valence electrons. The van der Waals surface area contributed by atoms with E-state index in [1.165, 1.54) is 15.3 Å². The van der Waals surface area contributed by atoms with Gasteiger partial charge in [-0.15, -0.1) is 11.3 Å². The highest BCUT2D eigenvalue weighted by Gasteiger charge is 2.18. The molecule has 6 heteroatoms. The fourth-order valence-electron chi connectivity index (χ4n) is 2.70. The van der Waals surface area contributed by atoms with E-state index in [1.54, 1.807) is 0 Å². The summed E-state index contributed by atoms with van der Waals surface area (Å²) in [6, 6.07) is 2.23. The zero-order valence-corrected chi connectivity index (χ0v) is 13.8. The van der Waals surface area contributed by atoms with Crippen LogP contribution in [0, 0.1) is 13.8 Å². The number of aryl methyl sites for hydroxylation is 4. The normalized spacial score (nSPS) is 11.6. The Morgan fingerprint density at radius 2 is 2.10 bits per heavy atom. The molecule has 0 aliphatic heterocycles. The molecule has 0 spiro atoms. The highest BCUT2D eigenvalue weighted by atomic mass is 32.1. The first-order chi connectivity index (χ1) is 10.0. The Bertz CT molecular complexity index is 773. The minimum absolute atomic E-state index is 0.569. The fraction of sp³-hybridized carbons (Fsp3) is 0.467. The third kappa shape index (κ3) is 2.33. The molecule has 3 rings (SSSR count). The summed E-state index contributed by atoms with van der Waals surface area (Å²) in [4.78, 5) is 7.20. The molecule has 3 aromatic heterocycles. The van der Waals surface area contributed by atoms with Crippen LogP contribution in [-0.4, -0.2) is 19.3 Å². The van der Waals surface area contributed by atoms with E-state index in [-0.39, 0.29) is 0 Å². The first-order valence-electron chi connectivity index (χ1n) is 7.24. The van der Waals surface area contributed by atoms with Gasteiger partial charge in [-0.05, 0) is 31.9 Å². The van der Waals surface area contributed by atoms with Crippen molar-refractivity contribution in [2.24, 2.45) is 7.05 Å². The molecule has 0 amide bonds. The monoisotopic (exact) mass is 303 g/mol. The van der Waals surface area contributed by atoms with E-state index in [4.69, 9.17) is 5.73 Å². The molecule has 2 N–H and O–H groups in total. The Morgan fingerprint density at radius 3 is 2.71 bits per heavy atom. The second-order valence-electron chi connectivity index (χ2n) is 5.50. The summed E-state index contributed by atoms with van der Waals surface area (Å²) in [7, 11) is 1.96. The molecule has 0 radical (unpaired) electrons. The number of hydrogen-bond donors (Lipinski definition) is 1. The third-order valence-corrected chi connectivity index (χ3v) is 4.98. The van der Waals surface area contributed by atoms with Gasteiger partial charge in [0.25, 0.3) is 0 Å². The average molecular weight is 303 g/mol. The number of rotatable bonds is 4. The van der Waals surface area contributed by atoms with Crippen molar-refractivity contribution in [2.75, 3.05) is 5.73 Å². The summed E-state index contributed by atoms with van der Waals surface area (Å²) in [5.41, 5.74) is 10.5. The average Bonchev–Trinajstić information content (AvgIpc) is 3.00. The number of anilines is 1. The van der Waals surface area contributed by atoms with Crippen molar-refractivity contribution >= 4 is 28.4 Å². The van der Waals surface area contributed by atoms with Gasteiger partial charge in [-0.25, -0.2) is 4.98 Å². The van der Waals surface area contributed by atoms with Gasteiger partial charge in [0.05, 0.1) is 12.2 Å². The number of fused-ring (bicyclic) bond motifs is 1. The maximum atomic E-state index is 6.14. The molecule has 3 heterocycles. The largest absolute Gasteiger partial charge is 0.369 e. The number of nitrogen functional groups attached to an aromatic ring is 1. The molecule has 0 atom stereocenters. The molecule has 0 unspecified atom stereocenters. The van der Waals surface area contributed by atoms with Gasteiger partial charge in [-0.2, -0.15) is 5.10 Å². The van der Waals surface area contributed by atoms with Gasteiger partial charge in [0, 0.05) is 16.8 Å². The zero-order valence-electron chi connectivity index (χ0n) is 13.0. The molecule has 21 heavy (non-hydrogen) atoms. The summed E-state index contributed by atoms with van der Waals surface area (Å²) >= 11 is 1.82. The van der Waals surface area contributed by atoms with Crippen molar-refractivity contribution in [3.8, 4) is 0 Å². The van der Waals surface area contributed by atoms with Gasteiger partial charge in [0.1, 0.15) is 5.52 Å². The van der Waals surface area contributed by atoms with Crippen LogP contribution < -0.4 is 5.73 Å². The quantitative estimate of drug-likeness (QED) is 0.806. The Labute approximate surface area is 128 Å². The predicted molar refractivity (Wildman–Crippen MR) is 87.8 cm³/mol. The maximum Gasteiger partial charge on any atom is 0.202 e. The summed E-state index contributed by atoms with van der Waals surface area (Å²) in [5, 5.41) is 4.59. The number of imidazole rings is 1. The fourth-order valence-corrected chi connectivity index (χ4v) is 3.75. The summed E-state index contributed by atoms with van der Waals surface area (Å²) < 4.78 is 3.96. The lowest BCUT2D eigenvalue weighted by molar-refractivity contribution is 0.714. The van der Waals surface area contributed by atoms with E-state index in [0.29, 0.717) is 5.95 Å². The predicted octanol–water partition coefficient (Wildman–Crippen LogP) is 3.03. The Hall–Kier alpha value is -1.82. The van der Waals surface area contributed by atoms with Gasteiger partial charge in [0.15, 0.2) is 5.65 Å². The number of aromatic nitrogens is 4. The van der Waals surface area contributed by atoms with Gasteiger partial charge in [-0.1, -0.05) is 13.3 Å². The van der Waals surface area contributed by atoms with E-state index < -0.39 is 0 Å². The second-order valence-corrected chi connectivity index (χ2v) is 6.84. The second kappa shape index (κ2) is 5.18. The lowest BCUT2D eigenvalue weighted by Crippen LogP contribution is -2.07. The molecule has 0 fully saturated rings. The Balaban J connectivity index is 2.07. The van der Waals surface area contributed by atoms with Crippen molar-refractivity contribution in [3.05, 3.63) is 27.1 Å². The van der Waals surface area contributed by atoms with Gasteiger partial charge < -0.3 is 5.73 Å². The van der Waals surface area contributed by atoms with E-state index in [9.17, 15) is 0 Å². The van der Waals surface area contributed by atoms with Crippen LogP contribution in [0.2, 0.25) is 0 Å². The Morgan fingerprint density at radius 1 is 1.33 bits per heavy atom. The highest BCUT2D eigenvalue weighted by Crippen LogP contribution is 2.26. The molecular weight excluding hydrogens is 282 g/mol. The first-order valence-corrected chi connectivity index (χ1v) is 8.06. The van der Waals surface area contributed by atoms with E-state index in [1.807, 2.05) is 23.1 Å². The molecule has 0 aliphatic rings. The van der Waals surface area contributed by atoms with Crippen LogP contribution >= 0.6 is 11.3 Å². The molecule has 0 aromatic carbocycles. The summed E-state index contributed by atoms with van der Waals surface area (Å²) in [6.07, 6.45) is 1.99. The minimum atomic E-state index is 0.569. The SMILES string of the molecule is CCCc1nn(C)c2c1nc(N)n2Cc1cc(C)c(C)s1. The van der Waals surface area contributed by atoms with Crippen molar-refractivity contribution in [2.45, 2.75) is 40.2 Å². The molecule has 3 aromatic rings. The number of thiophene rings is 1. The van der Waals surface area contributed by atoms with Crippen LogP contribution in [0.3, 0.4) is 0 Å². The topological polar surface area (TPSA) is 61.7 Å². The van der Waals surface area contributed by atoms with Crippen molar-refractivity contribution in [1.29, 1.82) is 0 Å². The van der Waals surface area contributed by atoms with Crippen LogP contribution in [0.15, 0.2) is 6.07 Å².